The van der Waals surface area contributed by atoms with Gasteiger partial charge in [-0.3, -0.25) is 14.1 Å². The van der Waals surface area contributed by atoms with Gasteiger partial charge in [0.15, 0.2) is 0 Å². The molecular weight excluding hydrogens is 1110 g/mol. The fraction of sp³-hybridized carbons (Fsp3) is 0.966. The van der Waals surface area contributed by atoms with Crippen molar-refractivity contribution in [3.63, 3.8) is 0 Å². The molecule has 80 heavy (non-hydrogen) atoms. The second kappa shape index (κ2) is 43.8. The molecule has 0 bridgehead atoms. The van der Waals surface area contributed by atoms with Gasteiger partial charge in [-0.05, 0) is 210 Å². The van der Waals surface area contributed by atoms with Crippen molar-refractivity contribution in [3.8, 4) is 0 Å². The third-order valence-corrected chi connectivity index (χ3v) is 19.3. The molecule has 0 aromatic heterocycles. The van der Waals surface area contributed by atoms with Gasteiger partial charge in [-0.15, -0.1) is 0 Å². The van der Waals surface area contributed by atoms with Gasteiger partial charge < -0.3 is 44.8 Å². The minimum absolute atomic E-state index is 0. The van der Waals surface area contributed by atoms with Crippen LogP contribution in [0, 0.1) is 0 Å². The van der Waals surface area contributed by atoms with Crippen molar-refractivity contribution in [2.45, 2.75) is 336 Å². The van der Waals surface area contributed by atoms with Crippen LogP contribution in [0.25, 0.3) is 0 Å². The fourth-order valence-electron chi connectivity index (χ4n) is 8.05. The van der Waals surface area contributed by atoms with E-state index in [2.05, 4.69) is 80.6 Å². The maximum Gasteiger partial charge on any atom is 0.479 e. The van der Waals surface area contributed by atoms with Crippen LogP contribution in [0.3, 0.4) is 0 Å². The molecule has 4 aliphatic carbocycles. The van der Waals surface area contributed by atoms with Crippen molar-refractivity contribution in [2.75, 3.05) is 32.2 Å². The summed E-state index contributed by atoms with van der Waals surface area (Å²) in [5.74, 6) is 1.15. The normalized spacial score (nSPS) is 22.0. The summed E-state index contributed by atoms with van der Waals surface area (Å²) in [4.78, 5) is 10.5. The molecule has 6 fully saturated rings. The average Bonchev–Trinajstić information content (AvgIpc) is 3.68. The third-order valence-electron chi connectivity index (χ3n) is 14.4. The van der Waals surface area contributed by atoms with Gasteiger partial charge in [0, 0.05) is 93.3 Å². The van der Waals surface area contributed by atoms with Gasteiger partial charge in [0.25, 0.3) is 0 Å². The third kappa shape index (κ3) is 36.4. The number of aliphatic hydroxyl groups excluding tert-OH is 4. The second-order valence-electron chi connectivity index (χ2n) is 25.8. The number of ketones is 1. The maximum atomic E-state index is 12.8. The van der Waals surface area contributed by atoms with Gasteiger partial charge in [-0.25, -0.2) is 8.42 Å². The van der Waals surface area contributed by atoms with Crippen molar-refractivity contribution in [3.05, 3.63) is 0 Å². The summed E-state index contributed by atoms with van der Waals surface area (Å²) in [5, 5.41) is 35.2. The molecule has 0 aromatic carbocycles. The van der Waals surface area contributed by atoms with E-state index in [-0.39, 0.29) is 125 Å². The molecule has 21 heteroatoms. The number of carbonyl (C=O) groups excluding carboxylic acids is 1. The summed E-state index contributed by atoms with van der Waals surface area (Å²) >= 11 is 0. The zero-order chi connectivity index (χ0) is 60.8. The first-order valence-electron chi connectivity index (χ1n) is 29.1. The fourth-order valence-corrected chi connectivity index (χ4v) is 10.1. The van der Waals surface area contributed by atoms with Crippen molar-refractivity contribution in [2.24, 2.45) is 15.3 Å². The summed E-state index contributed by atoms with van der Waals surface area (Å²) < 4.78 is 63.3. The van der Waals surface area contributed by atoms with Crippen molar-refractivity contribution < 1.29 is 78.2 Å². The molecular formula is C59H129B2N3O12S3Ti. The molecule has 8 N–H and O–H groups in total. The molecule has 3 atom stereocenters. The quantitative estimate of drug-likeness (QED) is 0.140. The van der Waals surface area contributed by atoms with E-state index in [1.165, 1.54) is 69.9 Å². The molecule has 0 aromatic rings. The van der Waals surface area contributed by atoms with Crippen molar-refractivity contribution in [1.29, 1.82) is 0 Å². The molecule has 6 rings (SSSR count). The Morgan fingerprint density at radius 3 is 1.04 bits per heavy atom. The van der Waals surface area contributed by atoms with Crippen molar-refractivity contribution >= 4 is 58.5 Å². The number of nitrogens with two attached hydrogens (primary N) is 2. The van der Waals surface area contributed by atoms with Crippen LogP contribution in [-0.2, 0) is 77.9 Å². The molecule has 0 amide bonds. The van der Waals surface area contributed by atoms with Gasteiger partial charge in [0.2, 0.25) is 0 Å². The number of hydrogen-bond acceptors (Lipinski definition) is 13. The Kier molecular flexibility index (Phi) is 50.0. The van der Waals surface area contributed by atoms with Crippen LogP contribution >= 0.6 is 0 Å². The van der Waals surface area contributed by atoms with E-state index in [0.717, 1.165) is 64.2 Å². The van der Waals surface area contributed by atoms with E-state index in [1.807, 2.05) is 41.5 Å². The van der Waals surface area contributed by atoms with E-state index in [4.69, 9.17) is 49.9 Å². The standard InChI is InChI=1S/C17H33BO3S.C12H24BNO2.C10H19NOS.C6H10O.C4H11NOS.4C2H6O.2CH4.Ti/c1-14(2,3)22(19)13-17(11-9-8-10-12-17)18-20-15(4,5)16(6,7)21-18;1-10(2)11(3,4)16-13(15-10)12(14)8-6-5-7-9-12;1-10(2,3)13(12)11-9-7-5-4-6-8-9;7-6-4-2-1-3-5-6;1-4(2,3)7(5)6;4*1-2-3;;;/h8-13H2,1-7H3;5-9,14H2,1-4H3;4-8H2,1-3H3;1-5H2;5H2,1-3H3;4*3H,2H2,1H3;2*1H4;. The molecule has 15 nitrogen and oxygen atoms in total. The maximum absolute atomic E-state index is 12.8. The van der Waals surface area contributed by atoms with E-state index < -0.39 is 32.8 Å². The summed E-state index contributed by atoms with van der Waals surface area (Å²) in [6.45, 7) is 42.1. The first-order chi connectivity index (χ1) is 35.2. The Balaban J connectivity index is -0.000000211. The van der Waals surface area contributed by atoms with Crippen LogP contribution < -0.4 is 10.9 Å². The van der Waals surface area contributed by atoms with E-state index in [1.54, 1.807) is 27.7 Å². The number of aliphatic hydroxyl groups is 4. The smallest absolute Gasteiger partial charge is 0.403 e. The molecule has 0 spiro atoms. The van der Waals surface area contributed by atoms with E-state index in [9.17, 15) is 17.4 Å². The minimum Gasteiger partial charge on any atom is -0.403 e. The average molecular weight is 1240 g/mol. The summed E-state index contributed by atoms with van der Waals surface area (Å²) in [6, 6.07) is 0. The summed E-state index contributed by atoms with van der Waals surface area (Å²) in [6.07, 6.45) is 22.6. The van der Waals surface area contributed by atoms with Gasteiger partial charge in [-0.1, -0.05) is 66.2 Å². The number of Topliss-reactive ketones (excluding diaryl/α,β-unsaturated/α-hetero) is 1. The van der Waals surface area contributed by atoms with Gasteiger partial charge in [0.05, 0.1) is 48.3 Å². The van der Waals surface area contributed by atoms with Crippen molar-refractivity contribution in [1.82, 2.24) is 0 Å². The Morgan fingerprint density at radius 1 is 0.500 bits per heavy atom. The van der Waals surface area contributed by atoms with Crippen LogP contribution in [0.15, 0.2) is 4.40 Å². The SMILES string of the molecule is C.C.CC(C)(C)S(=O)CC1(B2OC(C)(C)C(C)(C)O2)CCCCC1.CC(C)(C)S(=O)N=C1CCCCC1.CC(C)(C)S(N)=O.CC1(C)OB(C2(N)CCCCC2)OC1(C)C.CCO.CCO.CCO.CCO.O=C1CCCCC1.[Ti]. The predicted octanol–water partition coefficient (Wildman–Crippen LogP) is 12.7. The topological polar surface area (TPSA) is 251 Å². The Morgan fingerprint density at radius 2 is 0.775 bits per heavy atom. The Bertz CT molecular complexity index is 1640. The van der Waals surface area contributed by atoms with Crippen LogP contribution in [0.4, 0.5) is 0 Å². The van der Waals surface area contributed by atoms with Gasteiger partial charge in [-0.2, -0.15) is 4.40 Å². The molecule has 3 unspecified atom stereocenters. The predicted molar refractivity (Wildman–Crippen MR) is 344 cm³/mol. The molecule has 4 saturated carbocycles. The zero-order valence-corrected chi connectivity index (χ0v) is 57.7. The van der Waals surface area contributed by atoms with Crippen LogP contribution in [0.5, 0.6) is 0 Å². The largest absolute Gasteiger partial charge is 0.479 e. The molecule has 2 saturated heterocycles. The first-order valence-corrected chi connectivity index (χ1v) is 32.8. The number of hydrogen-bond donors (Lipinski definition) is 6. The van der Waals surface area contributed by atoms with Gasteiger partial charge in [0.1, 0.15) is 16.8 Å². The zero-order valence-electron chi connectivity index (χ0n) is 53.7. The van der Waals surface area contributed by atoms with Crippen LogP contribution in [-0.4, -0.2) is 133 Å². The monoisotopic (exact) mass is 1240 g/mol. The van der Waals surface area contributed by atoms with Crippen LogP contribution in [0.2, 0.25) is 5.31 Å². The number of rotatable bonds is 5. The number of carbonyl (C=O) groups is 1. The molecule has 2 aliphatic heterocycles. The molecule has 480 valence electrons. The Labute approximate surface area is 516 Å². The first kappa shape index (κ1) is 91.4. The molecule has 6 aliphatic rings. The van der Waals surface area contributed by atoms with Gasteiger partial charge >= 0.3 is 14.2 Å². The minimum atomic E-state index is -1.18. The Hall–Kier alpha value is 0.234. The summed E-state index contributed by atoms with van der Waals surface area (Å²) in [5.41, 5.74) is 6.20. The second-order valence-corrected chi connectivity index (χ2v) is 31.8. The number of nitrogens with zero attached hydrogens (tertiary/aromatic N) is 1. The molecule has 0 radical (unpaired) electrons. The van der Waals surface area contributed by atoms with Crippen LogP contribution in [0.1, 0.15) is 289 Å². The van der Waals surface area contributed by atoms with E-state index in [0.29, 0.717) is 11.5 Å². The van der Waals surface area contributed by atoms with E-state index >= 15 is 0 Å². The molecule has 2 heterocycles. The summed E-state index contributed by atoms with van der Waals surface area (Å²) in [7, 11) is -3.58.